The molecule has 1 aliphatic heterocycles. The number of rotatable bonds is 3. The Morgan fingerprint density at radius 1 is 1.04 bits per heavy atom. The molecule has 1 aromatic heterocycles. The van der Waals surface area contributed by atoms with Gasteiger partial charge in [-0.2, -0.15) is 0 Å². The van der Waals surface area contributed by atoms with Crippen molar-refractivity contribution in [2.45, 2.75) is 6.92 Å². The molecule has 6 nitrogen and oxygen atoms in total. The number of aromatic nitrogens is 1. The smallest absolute Gasteiger partial charge is 0.274 e. The van der Waals surface area contributed by atoms with Crippen LogP contribution < -0.4 is 10.2 Å². The molecule has 3 rings (SSSR count). The third-order valence-corrected chi connectivity index (χ3v) is 4.38. The van der Waals surface area contributed by atoms with Gasteiger partial charge in [0.25, 0.3) is 5.91 Å². The van der Waals surface area contributed by atoms with Crippen molar-refractivity contribution in [2.75, 3.05) is 36.4 Å². The number of benzene rings is 1. The van der Waals surface area contributed by atoms with Gasteiger partial charge >= 0.3 is 0 Å². The second-order valence-electron chi connectivity index (χ2n) is 5.81. The van der Waals surface area contributed by atoms with Gasteiger partial charge in [-0.1, -0.05) is 29.8 Å². The summed E-state index contributed by atoms with van der Waals surface area (Å²) >= 11 is 5.85. The summed E-state index contributed by atoms with van der Waals surface area (Å²) < 4.78 is 0. The highest BCUT2D eigenvalue weighted by Gasteiger charge is 2.21. The molecule has 2 heterocycles. The van der Waals surface area contributed by atoms with Gasteiger partial charge in [0, 0.05) is 33.1 Å². The molecular weight excluding hydrogens is 340 g/mol. The fourth-order valence-corrected chi connectivity index (χ4v) is 3.00. The summed E-state index contributed by atoms with van der Waals surface area (Å²) in [6.07, 6.45) is 0. The van der Waals surface area contributed by atoms with Gasteiger partial charge in [-0.05, 0) is 24.3 Å². The highest BCUT2D eigenvalue weighted by Crippen LogP contribution is 2.27. The molecule has 2 aromatic rings. The van der Waals surface area contributed by atoms with Crippen molar-refractivity contribution >= 4 is 34.8 Å². The summed E-state index contributed by atoms with van der Waals surface area (Å²) in [6, 6.07) is 12.6. The van der Waals surface area contributed by atoms with Crippen molar-refractivity contribution in [3.8, 4) is 0 Å². The van der Waals surface area contributed by atoms with Gasteiger partial charge in [-0.15, -0.1) is 0 Å². The van der Waals surface area contributed by atoms with Crippen LogP contribution in [0.15, 0.2) is 42.5 Å². The molecule has 1 fully saturated rings. The predicted octanol–water partition coefficient (Wildman–Crippen LogP) is 2.66. The topological polar surface area (TPSA) is 65.5 Å². The quantitative estimate of drug-likeness (QED) is 0.857. The number of nitrogens with zero attached hydrogens (tertiary/aromatic N) is 3. The Bertz CT molecular complexity index is 788. The van der Waals surface area contributed by atoms with Crippen molar-refractivity contribution in [2.24, 2.45) is 0 Å². The Morgan fingerprint density at radius 2 is 1.76 bits per heavy atom. The van der Waals surface area contributed by atoms with E-state index >= 15 is 0 Å². The second-order valence-corrected chi connectivity index (χ2v) is 6.20. The lowest BCUT2D eigenvalue weighted by Crippen LogP contribution is -2.48. The van der Waals surface area contributed by atoms with Gasteiger partial charge in [-0.25, -0.2) is 4.98 Å². The number of amides is 2. The molecule has 25 heavy (non-hydrogen) atoms. The molecule has 0 bridgehead atoms. The number of carbonyl (C=O) groups is 2. The normalized spacial score (nSPS) is 14.3. The van der Waals surface area contributed by atoms with Crippen LogP contribution in [-0.2, 0) is 4.79 Å². The van der Waals surface area contributed by atoms with Gasteiger partial charge in [0.15, 0.2) is 0 Å². The first-order valence-electron chi connectivity index (χ1n) is 8.08. The predicted molar refractivity (Wildman–Crippen MR) is 98.1 cm³/mol. The van der Waals surface area contributed by atoms with E-state index in [1.165, 1.54) is 0 Å². The van der Waals surface area contributed by atoms with Crippen molar-refractivity contribution in [1.82, 2.24) is 9.88 Å². The van der Waals surface area contributed by atoms with Gasteiger partial charge in [-0.3, -0.25) is 9.59 Å². The van der Waals surface area contributed by atoms with Crippen LogP contribution in [-0.4, -0.2) is 47.9 Å². The van der Waals surface area contributed by atoms with Gasteiger partial charge in [0.2, 0.25) is 5.91 Å². The highest BCUT2D eigenvalue weighted by molar-refractivity contribution is 6.29. The van der Waals surface area contributed by atoms with E-state index in [1.807, 2.05) is 29.2 Å². The minimum atomic E-state index is -0.308. The van der Waals surface area contributed by atoms with Gasteiger partial charge in [0.1, 0.15) is 10.8 Å². The van der Waals surface area contributed by atoms with Crippen LogP contribution in [0.2, 0.25) is 5.15 Å². The maximum atomic E-state index is 12.4. The summed E-state index contributed by atoms with van der Waals surface area (Å²) in [5, 5.41) is 3.18. The monoisotopic (exact) mass is 358 g/mol. The molecular formula is C18H19ClN4O2. The molecule has 1 N–H and O–H groups in total. The largest absolute Gasteiger partial charge is 0.366 e. The van der Waals surface area contributed by atoms with E-state index in [4.69, 9.17) is 11.6 Å². The Hall–Kier alpha value is -2.60. The first-order chi connectivity index (χ1) is 12.0. The zero-order chi connectivity index (χ0) is 17.8. The van der Waals surface area contributed by atoms with Crippen LogP contribution in [0.25, 0.3) is 0 Å². The summed E-state index contributed by atoms with van der Waals surface area (Å²) in [7, 11) is 0. The lowest BCUT2D eigenvalue weighted by molar-refractivity contribution is -0.129. The third-order valence-electron chi connectivity index (χ3n) is 4.17. The third kappa shape index (κ3) is 4.09. The number of nitrogens with one attached hydrogen (secondary N) is 1. The average Bonchev–Trinajstić information content (AvgIpc) is 2.62. The van der Waals surface area contributed by atoms with E-state index in [0.29, 0.717) is 18.8 Å². The molecule has 0 saturated carbocycles. The number of hydrogen-bond donors (Lipinski definition) is 1. The molecule has 1 aliphatic rings. The molecule has 0 radical (unpaired) electrons. The van der Waals surface area contributed by atoms with Crippen LogP contribution >= 0.6 is 11.6 Å². The van der Waals surface area contributed by atoms with Crippen LogP contribution in [0.4, 0.5) is 11.4 Å². The van der Waals surface area contributed by atoms with Crippen molar-refractivity contribution in [1.29, 1.82) is 0 Å². The average molecular weight is 359 g/mol. The Balaban J connectivity index is 1.75. The van der Waals surface area contributed by atoms with E-state index in [9.17, 15) is 9.59 Å². The lowest BCUT2D eigenvalue weighted by Gasteiger charge is -2.36. The van der Waals surface area contributed by atoms with Crippen LogP contribution in [0, 0.1) is 0 Å². The van der Waals surface area contributed by atoms with E-state index in [1.54, 1.807) is 25.1 Å². The zero-order valence-electron chi connectivity index (χ0n) is 13.9. The minimum Gasteiger partial charge on any atom is -0.366 e. The first kappa shape index (κ1) is 17.2. The molecule has 1 saturated heterocycles. The molecule has 130 valence electrons. The van der Waals surface area contributed by atoms with Crippen LogP contribution in [0.3, 0.4) is 0 Å². The fraction of sp³-hybridized carbons (Fsp3) is 0.278. The Labute approximate surface area is 151 Å². The highest BCUT2D eigenvalue weighted by atomic mass is 35.5. The number of carbonyl (C=O) groups excluding carboxylic acids is 2. The zero-order valence-corrected chi connectivity index (χ0v) is 14.7. The summed E-state index contributed by atoms with van der Waals surface area (Å²) in [4.78, 5) is 31.9. The van der Waals surface area contributed by atoms with Gasteiger partial charge in [0.05, 0.1) is 11.4 Å². The second kappa shape index (κ2) is 7.53. The maximum Gasteiger partial charge on any atom is 0.274 e. The number of hydrogen-bond acceptors (Lipinski definition) is 4. The van der Waals surface area contributed by atoms with E-state index in [2.05, 4.69) is 15.2 Å². The van der Waals surface area contributed by atoms with Crippen LogP contribution in [0.5, 0.6) is 0 Å². The minimum absolute atomic E-state index is 0.0910. The van der Waals surface area contributed by atoms with Crippen molar-refractivity contribution < 1.29 is 9.59 Å². The molecule has 7 heteroatoms. The Morgan fingerprint density at radius 3 is 2.44 bits per heavy atom. The van der Waals surface area contributed by atoms with E-state index in [-0.39, 0.29) is 22.7 Å². The Kier molecular flexibility index (Phi) is 5.19. The standard InChI is InChI=1S/C18H19ClN4O2/c1-13(24)22-9-11-23(12-10-22)16-7-3-2-5-14(16)21-18(25)15-6-4-8-17(19)20-15/h2-8H,9-12H2,1H3,(H,21,25). The number of para-hydroxylation sites is 2. The summed E-state index contributed by atoms with van der Waals surface area (Å²) in [5.41, 5.74) is 1.91. The molecule has 0 atom stereocenters. The summed E-state index contributed by atoms with van der Waals surface area (Å²) in [6.45, 7) is 4.38. The van der Waals surface area contributed by atoms with Gasteiger partial charge < -0.3 is 15.1 Å². The number of halogens is 1. The van der Waals surface area contributed by atoms with E-state index < -0.39 is 0 Å². The number of anilines is 2. The SMILES string of the molecule is CC(=O)N1CCN(c2ccccc2NC(=O)c2cccc(Cl)n2)CC1. The van der Waals surface area contributed by atoms with Crippen molar-refractivity contribution in [3.63, 3.8) is 0 Å². The van der Waals surface area contributed by atoms with Crippen molar-refractivity contribution in [3.05, 3.63) is 53.3 Å². The molecule has 0 aliphatic carbocycles. The maximum absolute atomic E-state index is 12.4. The van der Waals surface area contributed by atoms with E-state index in [0.717, 1.165) is 18.8 Å². The van der Waals surface area contributed by atoms with Crippen LogP contribution in [0.1, 0.15) is 17.4 Å². The summed E-state index contributed by atoms with van der Waals surface area (Å²) in [5.74, 6) is -0.217. The molecule has 1 aromatic carbocycles. The molecule has 0 unspecified atom stereocenters. The fourth-order valence-electron chi connectivity index (χ4n) is 2.84. The number of pyridine rings is 1. The number of piperazine rings is 1. The molecule has 0 spiro atoms. The molecule has 2 amide bonds. The first-order valence-corrected chi connectivity index (χ1v) is 8.46. The lowest BCUT2D eigenvalue weighted by atomic mass is 10.2.